The number of benzene rings is 1. The number of rotatable bonds is 5. The monoisotopic (exact) mass is 193 g/mol. The Morgan fingerprint density at radius 2 is 2.00 bits per heavy atom. The van der Waals surface area contributed by atoms with Crippen molar-refractivity contribution in [3.63, 3.8) is 0 Å². The van der Waals surface area contributed by atoms with Gasteiger partial charge in [-0.25, -0.2) is 0 Å². The number of hydrogen-bond donors (Lipinski definition) is 2. The summed E-state index contributed by atoms with van der Waals surface area (Å²) in [5.74, 6) is -0.0867. The van der Waals surface area contributed by atoms with Crippen LogP contribution >= 0.6 is 0 Å². The van der Waals surface area contributed by atoms with Crippen molar-refractivity contribution < 1.29 is 9.90 Å². The van der Waals surface area contributed by atoms with Gasteiger partial charge < -0.3 is 10.8 Å². The van der Waals surface area contributed by atoms with E-state index in [-0.39, 0.29) is 12.4 Å². The zero-order valence-corrected chi connectivity index (χ0v) is 8.02. The maximum absolute atomic E-state index is 11.3. The average molecular weight is 193 g/mol. The van der Waals surface area contributed by atoms with E-state index < -0.39 is 6.04 Å². The van der Waals surface area contributed by atoms with Crippen LogP contribution in [-0.4, -0.2) is 23.5 Å². The van der Waals surface area contributed by atoms with Crippen molar-refractivity contribution in [2.24, 2.45) is 5.73 Å². The summed E-state index contributed by atoms with van der Waals surface area (Å²) in [6.45, 7) is -0.270. The zero-order chi connectivity index (χ0) is 10.4. The van der Waals surface area contributed by atoms with Crippen LogP contribution in [0.2, 0.25) is 0 Å². The van der Waals surface area contributed by atoms with E-state index in [2.05, 4.69) is 0 Å². The molecule has 0 aliphatic rings. The second-order valence-electron chi connectivity index (χ2n) is 3.24. The maximum Gasteiger partial charge on any atom is 0.152 e. The average Bonchev–Trinajstić information content (AvgIpc) is 2.26. The van der Waals surface area contributed by atoms with Gasteiger partial charge in [0.1, 0.15) is 0 Å². The van der Waals surface area contributed by atoms with Crippen molar-refractivity contribution in [1.29, 1.82) is 0 Å². The first kappa shape index (κ1) is 10.9. The lowest BCUT2D eigenvalue weighted by molar-refractivity contribution is -0.121. The third-order valence-electron chi connectivity index (χ3n) is 2.11. The van der Waals surface area contributed by atoms with Crippen molar-refractivity contribution in [2.45, 2.75) is 18.9 Å². The smallest absolute Gasteiger partial charge is 0.152 e. The minimum atomic E-state index is -0.723. The molecule has 3 heteroatoms. The van der Waals surface area contributed by atoms with Gasteiger partial charge in [0.05, 0.1) is 12.6 Å². The minimum Gasteiger partial charge on any atom is -0.394 e. The minimum absolute atomic E-state index is 0.0867. The van der Waals surface area contributed by atoms with Crippen LogP contribution in [0.3, 0.4) is 0 Å². The van der Waals surface area contributed by atoms with Crippen molar-refractivity contribution in [3.8, 4) is 0 Å². The van der Waals surface area contributed by atoms with Crippen LogP contribution in [-0.2, 0) is 11.2 Å². The Labute approximate surface area is 83.6 Å². The van der Waals surface area contributed by atoms with Gasteiger partial charge >= 0.3 is 0 Å². The molecular formula is C11H15NO2. The van der Waals surface area contributed by atoms with Crippen molar-refractivity contribution in [1.82, 2.24) is 0 Å². The highest BCUT2D eigenvalue weighted by Gasteiger charge is 2.11. The molecule has 0 aliphatic heterocycles. The van der Waals surface area contributed by atoms with E-state index >= 15 is 0 Å². The molecule has 1 atom stereocenters. The van der Waals surface area contributed by atoms with Gasteiger partial charge in [0.2, 0.25) is 0 Å². The van der Waals surface area contributed by atoms with Crippen molar-refractivity contribution in [2.75, 3.05) is 6.61 Å². The van der Waals surface area contributed by atoms with E-state index in [9.17, 15) is 4.79 Å². The summed E-state index contributed by atoms with van der Waals surface area (Å²) in [4.78, 5) is 11.3. The predicted molar refractivity (Wildman–Crippen MR) is 54.8 cm³/mol. The summed E-state index contributed by atoms with van der Waals surface area (Å²) in [6, 6.07) is 9.02. The summed E-state index contributed by atoms with van der Waals surface area (Å²) < 4.78 is 0. The molecule has 3 N–H and O–H groups in total. The van der Waals surface area contributed by atoms with Gasteiger partial charge in [-0.1, -0.05) is 30.3 Å². The number of ketones is 1. The summed E-state index contributed by atoms with van der Waals surface area (Å²) in [5.41, 5.74) is 6.50. The molecule has 0 heterocycles. The number of aliphatic hydroxyl groups is 1. The summed E-state index contributed by atoms with van der Waals surface area (Å²) in [6.07, 6.45) is 1.08. The summed E-state index contributed by atoms with van der Waals surface area (Å²) >= 11 is 0. The summed E-state index contributed by atoms with van der Waals surface area (Å²) in [7, 11) is 0. The number of Topliss-reactive ketones (excluding diaryl/α,β-unsaturated/α-hetero) is 1. The van der Waals surface area contributed by atoms with Gasteiger partial charge in [-0.3, -0.25) is 4.79 Å². The lowest BCUT2D eigenvalue weighted by atomic mass is 10.0. The SMILES string of the molecule is NC(CO)C(=O)CCc1ccccc1. The lowest BCUT2D eigenvalue weighted by Crippen LogP contribution is -2.34. The lowest BCUT2D eigenvalue weighted by Gasteiger charge is -2.06. The standard InChI is InChI=1S/C11H15NO2/c12-10(8-13)11(14)7-6-9-4-2-1-3-5-9/h1-5,10,13H,6-8,12H2. The Balaban J connectivity index is 2.38. The molecule has 3 nitrogen and oxygen atoms in total. The third kappa shape index (κ3) is 3.28. The van der Waals surface area contributed by atoms with Gasteiger partial charge in [0.15, 0.2) is 5.78 Å². The first-order chi connectivity index (χ1) is 6.74. The van der Waals surface area contributed by atoms with Gasteiger partial charge in [-0.05, 0) is 12.0 Å². The predicted octanol–water partition coefficient (Wildman–Crippen LogP) is 0.508. The van der Waals surface area contributed by atoms with E-state index in [1.54, 1.807) is 0 Å². The molecule has 0 saturated carbocycles. The van der Waals surface area contributed by atoms with Gasteiger partial charge in [-0.15, -0.1) is 0 Å². The zero-order valence-electron chi connectivity index (χ0n) is 8.02. The van der Waals surface area contributed by atoms with E-state index in [0.29, 0.717) is 12.8 Å². The topological polar surface area (TPSA) is 63.3 Å². The molecule has 1 unspecified atom stereocenters. The first-order valence-electron chi connectivity index (χ1n) is 4.67. The molecule has 1 aromatic carbocycles. The Morgan fingerprint density at radius 1 is 1.36 bits per heavy atom. The van der Waals surface area contributed by atoms with Crippen LogP contribution in [0.25, 0.3) is 0 Å². The maximum atomic E-state index is 11.3. The Morgan fingerprint density at radius 3 is 2.57 bits per heavy atom. The fourth-order valence-electron chi connectivity index (χ4n) is 1.20. The largest absolute Gasteiger partial charge is 0.394 e. The molecule has 0 aromatic heterocycles. The normalized spacial score (nSPS) is 12.4. The quantitative estimate of drug-likeness (QED) is 0.716. The third-order valence-corrected chi connectivity index (χ3v) is 2.11. The Hall–Kier alpha value is -1.19. The van der Waals surface area contributed by atoms with Crippen LogP contribution in [0, 0.1) is 0 Å². The highest BCUT2D eigenvalue weighted by molar-refractivity contribution is 5.84. The molecule has 0 bridgehead atoms. The number of aryl methyl sites for hydroxylation is 1. The van der Waals surface area contributed by atoms with Crippen LogP contribution in [0.15, 0.2) is 30.3 Å². The molecular weight excluding hydrogens is 178 g/mol. The van der Waals surface area contributed by atoms with Crippen LogP contribution in [0.1, 0.15) is 12.0 Å². The summed E-state index contributed by atoms with van der Waals surface area (Å²) in [5, 5.41) is 8.66. The van der Waals surface area contributed by atoms with Crippen molar-refractivity contribution in [3.05, 3.63) is 35.9 Å². The number of carbonyl (C=O) groups is 1. The fraction of sp³-hybridized carbons (Fsp3) is 0.364. The highest BCUT2D eigenvalue weighted by atomic mass is 16.3. The number of nitrogens with two attached hydrogens (primary N) is 1. The molecule has 0 spiro atoms. The van der Waals surface area contributed by atoms with Crippen LogP contribution in [0.5, 0.6) is 0 Å². The van der Waals surface area contributed by atoms with Gasteiger partial charge in [0.25, 0.3) is 0 Å². The van der Waals surface area contributed by atoms with Crippen LogP contribution in [0.4, 0.5) is 0 Å². The molecule has 0 saturated heterocycles. The molecule has 0 amide bonds. The van der Waals surface area contributed by atoms with Gasteiger partial charge in [-0.2, -0.15) is 0 Å². The molecule has 0 fully saturated rings. The number of hydrogen-bond acceptors (Lipinski definition) is 3. The van der Waals surface area contributed by atoms with E-state index in [4.69, 9.17) is 10.8 Å². The Bertz CT molecular complexity index is 285. The number of aliphatic hydroxyl groups excluding tert-OH is 1. The molecule has 76 valence electrons. The number of carbonyl (C=O) groups excluding carboxylic acids is 1. The molecule has 0 radical (unpaired) electrons. The molecule has 14 heavy (non-hydrogen) atoms. The molecule has 0 aliphatic carbocycles. The van der Waals surface area contributed by atoms with E-state index in [1.807, 2.05) is 30.3 Å². The second kappa shape index (κ2) is 5.52. The van der Waals surface area contributed by atoms with Crippen LogP contribution < -0.4 is 5.73 Å². The van der Waals surface area contributed by atoms with E-state index in [1.165, 1.54) is 0 Å². The van der Waals surface area contributed by atoms with E-state index in [0.717, 1.165) is 5.56 Å². The Kier molecular flexibility index (Phi) is 4.29. The molecule has 1 rings (SSSR count). The first-order valence-corrected chi connectivity index (χ1v) is 4.67. The highest BCUT2D eigenvalue weighted by Crippen LogP contribution is 2.03. The van der Waals surface area contributed by atoms with Gasteiger partial charge in [0, 0.05) is 6.42 Å². The fourth-order valence-corrected chi connectivity index (χ4v) is 1.20. The molecule has 1 aromatic rings. The van der Waals surface area contributed by atoms with Crippen molar-refractivity contribution >= 4 is 5.78 Å². The second-order valence-corrected chi connectivity index (χ2v) is 3.24.